The summed E-state index contributed by atoms with van der Waals surface area (Å²) in [5.41, 5.74) is 7.10. The summed E-state index contributed by atoms with van der Waals surface area (Å²) >= 11 is 0. The molecule has 0 saturated carbocycles. The Labute approximate surface area is 199 Å². The van der Waals surface area contributed by atoms with E-state index in [9.17, 15) is 10.1 Å². The van der Waals surface area contributed by atoms with Gasteiger partial charge in [-0.1, -0.05) is 37.3 Å². The third-order valence-electron chi connectivity index (χ3n) is 6.17. The van der Waals surface area contributed by atoms with Crippen LogP contribution < -0.4 is 0 Å². The van der Waals surface area contributed by atoms with Crippen molar-refractivity contribution in [2.75, 3.05) is 0 Å². The van der Waals surface area contributed by atoms with Crippen LogP contribution in [0, 0.1) is 25.2 Å². The molecule has 3 heterocycles. The molecule has 3 aromatic heterocycles. The minimum Gasteiger partial charge on any atom is -0.334 e. The first-order valence-electron chi connectivity index (χ1n) is 11.5. The lowest BCUT2D eigenvalue weighted by atomic mass is 10.0. The van der Waals surface area contributed by atoms with Crippen molar-refractivity contribution in [2.24, 2.45) is 0 Å². The monoisotopic (exact) mass is 452 g/mol. The summed E-state index contributed by atoms with van der Waals surface area (Å²) in [5.74, 6) is 0.0699. The quantitative estimate of drug-likeness (QED) is 0.397. The lowest BCUT2D eigenvalue weighted by Crippen LogP contribution is -2.30. The van der Waals surface area contributed by atoms with Gasteiger partial charge in [0.05, 0.1) is 6.20 Å². The van der Waals surface area contributed by atoms with Crippen molar-refractivity contribution < 1.29 is 4.79 Å². The van der Waals surface area contributed by atoms with Gasteiger partial charge >= 0.3 is 0 Å². The smallest absolute Gasteiger partial charge is 0.223 e. The predicted octanol–water partition coefficient (Wildman–Crippen LogP) is 4.34. The molecule has 0 atom stereocenters. The van der Waals surface area contributed by atoms with Crippen molar-refractivity contribution in [2.45, 2.75) is 53.1 Å². The lowest BCUT2D eigenvalue weighted by molar-refractivity contribution is -0.132. The van der Waals surface area contributed by atoms with Gasteiger partial charge < -0.3 is 4.90 Å². The molecule has 0 aliphatic rings. The van der Waals surface area contributed by atoms with Gasteiger partial charge in [0.2, 0.25) is 5.91 Å². The first-order valence-corrected chi connectivity index (χ1v) is 11.5. The van der Waals surface area contributed by atoms with Gasteiger partial charge in [-0.15, -0.1) is 0 Å². The minimum atomic E-state index is 0.0699. The number of hydrogen-bond donors (Lipinski definition) is 0. The Kier molecular flexibility index (Phi) is 6.98. The van der Waals surface area contributed by atoms with Crippen LogP contribution in [0.3, 0.4) is 0 Å². The van der Waals surface area contributed by atoms with Crippen LogP contribution in [0.5, 0.6) is 0 Å². The van der Waals surface area contributed by atoms with Crippen molar-refractivity contribution in [1.82, 2.24) is 24.5 Å². The Morgan fingerprint density at radius 3 is 2.47 bits per heavy atom. The molecule has 0 aliphatic carbocycles. The van der Waals surface area contributed by atoms with Gasteiger partial charge in [0, 0.05) is 43.3 Å². The van der Waals surface area contributed by atoms with Crippen molar-refractivity contribution in [3.63, 3.8) is 0 Å². The van der Waals surface area contributed by atoms with Crippen LogP contribution in [0.15, 0.2) is 55.0 Å². The Morgan fingerprint density at radius 1 is 1.06 bits per heavy atom. The highest BCUT2D eigenvalue weighted by molar-refractivity contribution is 5.76. The molecular formula is C27H28N6O. The number of hydrogen-bond acceptors (Lipinski definition) is 5. The number of fused-ring (bicyclic) bond motifs is 1. The highest BCUT2D eigenvalue weighted by Crippen LogP contribution is 2.20. The molecule has 0 radical (unpaired) electrons. The number of benzene rings is 1. The second-order valence-electron chi connectivity index (χ2n) is 8.45. The number of rotatable bonds is 8. The third-order valence-corrected chi connectivity index (χ3v) is 6.17. The summed E-state index contributed by atoms with van der Waals surface area (Å²) in [4.78, 5) is 24.1. The van der Waals surface area contributed by atoms with Crippen LogP contribution in [-0.2, 0) is 30.7 Å². The molecule has 1 aromatic carbocycles. The predicted molar refractivity (Wildman–Crippen MR) is 130 cm³/mol. The molecule has 7 nitrogen and oxygen atoms in total. The number of nitriles is 1. The summed E-state index contributed by atoms with van der Waals surface area (Å²) in [7, 11) is 0. The first-order chi connectivity index (χ1) is 16.5. The van der Waals surface area contributed by atoms with E-state index in [2.05, 4.69) is 52.3 Å². The fourth-order valence-corrected chi connectivity index (χ4v) is 4.19. The van der Waals surface area contributed by atoms with Gasteiger partial charge in [-0.25, -0.2) is 9.50 Å². The number of carbonyl (C=O) groups is 1. The van der Waals surface area contributed by atoms with E-state index in [0.29, 0.717) is 37.1 Å². The molecule has 4 aromatic rings. The Hall–Kier alpha value is -4.05. The lowest BCUT2D eigenvalue weighted by Gasteiger charge is -2.23. The van der Waals surface area contributed by atoms with Crippen LogP contribution in [0.4, 0.5) is 0 Å². The SMILES string of the molecule is CCc1ccc(CN(Cc2cccnc2)C(=O)CCc2c(C)nc3c(C#N)cnn3c2C)cc1. The summed E-state index contributed by atoms with van der Waals surface area (Å²) in [6, 6.07) is 14.4. The van der Waals surface area contributed by atoms with E-state index in [4.69, 9.17) is 0 Å². The first kappa shape index (κ1) is 23.1. The van der Waals surface area contributed by atoms with Crippen LogP contribution in [0.2, 0.25) is 0 Å². The molecule has 0 bridgehead atoms. The number of aryl methyl sites for hydroxylation is 3. The Bertz CT molecular complexity index is 1340. The summed E-state index contributed by atoms with van der Waals surface area (Å²) in [6.45, 7) is 7.05. The van der Waals surface area contributed by atoms with Crippen LogP contribution >= 0.6 is 0 Å². The zero-order valence-electron chi connectivity index (χ0n) is 19.8. The van der Waals surface area contributed by atoms with Gasteiger partial charge in [0.1, 0.15) is 11.6 Å². The topological polar surface area (TPSA) is 87.2 Å². The molecule has 7 heteroatoms. The number of amides is 1. The molecule has 0 N–H and O–H groups in total. The van der Waals surface area contributed by atoms with E-state index in [1.54, 1.807) is 16.9 Å². The van der Waals surface area contributed by atoms with E-state index in [1.165, 1.54) is 11.8 Å². The van der Waals surface area contributed by atoms with Gasteiger partial charge in [-0.05, 0) is 55.0 Å². The van der Waals surface area contributed by atoms with Gasteiger partial charge in [-0.2, -0.15) is 10.4 Å². The highest BCUT2D eigenvalue weighted by Gasteiger charge is 2.18. The molecule has 172 valence electrons. The molecule has 34 heavy (non-hydrogen) atoms. The van der Waals surface area contributed by atoms with Gasteiger partial charge in [0.25, 0.3) is 0 Å². The molecular weight excluding hydrogens is 424 g/mol. The molecule has 0 aliphatic heterocycles. The standard InChI is InChI=1S/C27H28N6O/c1-4-21-7-9-22(10-8-21)17-32(18-23-6-5-13-29-15-23)26(34)12-11-25-19(2)31-27-24(14-28)16-30-33(27)20(25)3/h5-10,13,15-16H,4,11-12,17-18H2,1-3H3. The number of carbonyl (C=O) groups excluding carboxylic acids is 1. The fraction of sp³-hybridized carbons (Fsp3) is 0.296. The third kappa shape index (κ3) is 4.96. The van der Waals surface area contributed by atoms with Crippen molar-refractivity contribution in [1.29, 1.82) is 5.26 Å². The molecule has 0 unspecified atom stereocenters. The highest BCUT2D eigenvalue weighted by atomic mass is 16.2. The molecule has 0 fully saturated rings. The summed E-state index contributed by atoms with van der Waals surface area (Å²) in [5, 5.41) is 13.6. The number of pyridine rings is 1. The van der Waals surface area contributed by atoms with Crippen LogP contribution in [0.1, 0.15) is 52.5 Å². The average molecular weight is 453 g/mol. The summed E-state index contributed by atoms with van der Waals surface area (Å²) in [6.07, 6.45) is 6.97. The Morgan fingerprint density at radius 2 is 1.79 bits per heavy atom. The maximum Gasteiger partial charge on any atom is 0.223 e. The largest absolute Gasteiger partial charge is 0.334 e. The number of nitrogens with zero attached hydrogens (tertiary/aromatic N) is 6. The average Bonchev–Trinajstić information content (AvgIpc) is 3.27. The zero-order chi connectivity index (χ0) is 24.1. The molecule has 4 rings (SSSR count). The maximum absolute atomic E-state index is 13.4. The number of aromatic nitrogens is 4. The van der Waals surface area contributed by atoms with E-state index in [1.807, 2.05) is 30.9 Å². The van der Waals surface area contributed by atoms with E-state index < -0.39 is 0 Å². The second-order valence-corrected chi connectivity index (χ2v) is 8.45. The molecule has 1 amide bonds. The Balaban J connectivity index is 1.54. The zero-order valence-corrected chi connectivity index (χ0v) is 19.8. The van der Waals surface area contributed by atoms with Crippen LogP contribution in [-0.4, -0.2) is 30.4 Å². The normalized spacial score (nSPS) is 10.9. The maximum atomic E-state index is 13.4. The summed E-state index contributed by atoms with van der Waals surface area (Å²) < 4.78 is 1.69. The van der Waals surface area contributed by atoms with E-state index in [-0.39, 0.29) is 5.91 Å². The second kappa shape index (κ2) is 10.3. The van der Waals surface area contributed by atoms with E-state index in [0.717, 1.165) is 34.5 Å². The fourth-order valence-electron chi connectivity index (χ4n) is 4.19. The van der Waals surface area contributed by atoms with E-state index >= 15 is 0 Å². The minimum absolute atomic E-state index is 0.0699. The molecule has 0 spiro atoms. The molecule has 0 saturated heterocycles. The van der Waals surface area contributed by atoms with Gasteiger partial charge in [-0.3, -0.25) is 9.78 Å². The van der Waals surface area contributed by atoms with Gasteiger partial charge in [0.15, 0.2) is 5.65 Å². The van der Waals surface area contributed by atoms with Crippen molar-refractivity contribution in [3.8, 4) is 6.07 Å². The van der Waals surface area contributed by atoms with Crippen molar-refractivity contribution >= 4 is 11.6 Å². The van der Waals surface area contributed by atoms with Crippen molar-refractivity contribution in [3.05, 3.63) is 94.2 Å². The van der Waals surface area contributed by atoms with Crippen LogP contribution in [0.25, 0.3) is 5.65 Å².